The molecule has 0 aliphatic carbocycles. The van der Waals surface area contributed by atoms with Crippen LogP contribution in [0.15, 0.2) is 12.3 Å². The maximum absolute atomic E-state index is 13.3. The maximum Gasteiger partial charge on any atom is 0.415 e. The minimum absolute atomic E-state index is 0.0311. The van der Waals surface area contributed by atoms with Gasteiger partial charge >= 0.3 is 12.1 Å². The lowest BCUT2D eigenvalue weighted by Crippen LogP contribution is -2.31. The van der Waals surface area contributed by atoms with E-state index in [1.54, 1.807) is 20.9 Å². The Bertz CT molecular complexity index is 537. The highest BCUT2D eigenvalue weighted by Gasteiger charge is 2.19. The number of rotatable bonds is 6. The van der Waals surface area contributed by atoms with Gasteiger partial charge in [0.2, 0.25) is 0 Å². The molecule has 0 bridgehead atoms. The average molecular weight is 313 g/mol. The third-order valence-electron chi connectivity index (χ3n) is 2.55. The number of hydrogen-bond acceptors (Lipinski definition) is 6. The molecule has 0 saturated heterocycles. The maximum atomic E-state index is 13.3. The Kier molecular flexibility index (Phi) is 6.71. The summed E-state index contributed by atoms with van der Waals surface area (Å²) in [7, 11) is 3.05. The fourth-order valence-corrected chi connectivity index (χ4v) is 1.60. The fourth-order valence-electron chi connectivity index (χ4n) is 1.60. The van der Waals surface area contributed by atoms with Gasteiger partial charge in [-0.15, -0.1) is 0 Å². The highest BCUT2D eigenvalue weighted by Crippen LogP contribution is 2.19. The minimum atomic E-state index is -0.628. The number of aromatic nitrogens is 1. The molecule has 0 spiro atoms. The zero-order valence-electron chi connectivity index (χ0n) is 13.1. The van der Waals surface area contributed by atoms with Gasteiger partial charge in [0.1, 0.15) is 18.2 Å². The molecule has 0 aromatic carbocycles. The van der Waals surface area contributed by atoms with Crippen molar-refractivity contribution in [2.75, 3.05) is 25.5 Å². The van der Waals surface area contributed by atoms with E-state index in [1.165, 1.54) is 7.05 Å². The van der Waals surface area contributed by atoms with Gasteiger partial charge in [0.15, 0.2) is 0 Å². The molecule has 1 rings (SSSR count). The summed E-state index contributed by atoms with van der Waals surface area (Å²) in [6, 6.07) is 1.16. The second-order valence-corrected chi connectivity index (χ2v) is 4.82. The predicted octanol–water partition coefficient (Wildman–Crippen LogP) is 1.46. The van der Waals surface area contributed by atoms with Crippen molar-refractivity contribution in [1.82, 2.24) is 10.3 Å². The number of anilines is 1. The Morgan fingerprint density at radius 3 is 2.73 bits per heavy atom. The molecule has 0 atom stereocenters. The fraction of sp³-hybridized carbons (Fsp3) is 0.500. The quantitative estimate of drug-likeness (QED) is 0.801. The van der Waals surface area contributed by atoms with Gasteiger partial charge in [-0.2, -0.15) is 0 Å². The van der Waals surface area contributed by atoms with Crippen molar-refractivity contribution >= 4 is 17.9 Å². The van der Waals surface area contributed by atoms with Crippen molar-refractivity contribution in [3.63, 3.8) is 0 Å². The molecule has 0 unspecified atom stereocenters. The lowest BCUT2D eigenvalue weighted by atomic mass is 10.2. The van der Waals surface area contributed by atoms with E-state index in [-0.39, 0.29) is 30.6 Å². The molecule has 0 aliphatic heterocycles. The molecule has 1 heterocycles. The summed E-state index contributed by atoms with van der Waals surface area (Å²) in [5, 5.41) is 2.64. The Morgan fingerprint density at radius 2 is 2.14 bits per heavy atom. The minimum Gasteiger partial charge on any atom is -0.460 e. The van der Waals surface area contributed by atoms with Crippen LogP contribution >= 0.6 is 0 Å². The summed E-state index contributed by atoms with van der Waals surface area (Å²) in [6.45, 7) is 3.26. The predicted molar refractivity (Wildman–Crippen MR) is 77.9 cm³/mol. The first-order valence-corrected chi connectivity index (χ1v) is 6.74. The van der Waals surface area contributed by atoms with Gasteiger partial charge in [-0.25, -0.2) is 14.2 Å². The normalized spacial score (nSPS) is 10.5. The van der Waals surface area contributed by atoms with Crippen LogP contribution in [0.5, 0.6) is 0 Å². The lowest BCUT2D eigenvalue weighted by Gasteiger charge is -2.20. The van der Waals surface area contributed by atoms with Gasteiger partial charge < -0.3 is 14.8 Å². The Balaban J connectivity index is 2.90. The molecular weight excluding hydrogens is 293 g/mol. The SMILES string of the molecule is CNCC(=O)OCc1cc(F)cnc1N(C)C(=O)OC(C)C. The largest absolute Gasteiger partial charge is 0.460 e. The number of hydrogen-bond donors (Lipinski definition) is 1. The lowest BCUT2D eigenvalue weighted by molar-refractivity contribution is -0.143. The number of carbonyl (C=O) groups excluding carboxylic acids is 2. The van der Waals surface area contributed by atoms with E-state index in [1.807, 2.05) is 0 Å². The van der Waals surface area contributed by atoms with Crippen LogP contribution in [0.2, 0.25) is 0 Å². The Labute approximate surface area is 128 Å². The molecule has 0 saturated carbocycles. The van der Waals surface area contributed by atoms with Crippen molar-refractivity contribution in [2.45, 2.75) is 26.6 Å². The monoisotopic (exact) mass is 313 g/mol. The van der Waals surface area contributed by atoms with Crippen LogP contribution in [0.25, 0.3) is 0 Å². The molecule has 122 valence electrons. The summed E-state index contributed by atoms with van der Waals surface area (Å²) < 4.78 is 23.4. The number of halogens is 1. The number of nitrogens with one attached hydrogen (secondary N) is 1. The van der Waals surface area contributed by atoms with E-state index in [4.69, 9.17) is 9.47 Å². The van der Waals surface area contributed by atoms with E-state index in [2.05, 4.69) is 10.3 Å². The summed E-state index contributed by atoms with van der Waals surface area (Å²) in [6.07, 6.45) is 0.0529. The average Bonchev–Trinajstić information content (AvgIpc) is 2.44. The smallest absolute Gasteiger partial charge is 0.415 e. The molecule has 1 aromatic heterocycles. The topological polar surface area (TPSA) is 80.8 Å². The van der Waals surface area contributed by atoms with Gasteiger partial charge in [0.05, 0.1) is 18.8 Å². The van der Waals surface area contributed by atoms with Crippen LogP contribution in [0, 0.1) is 5.82 Å². The Hall–Kier alpha value is -2.22. The molecule has 8 heteroatoms. The molecule has 0 aliphatic rings. The van der Waals surface area contributed by atoms with Crippen molar-refractivity contribution < 1.29 is 23.5 Å². The van der Waals surface area contributed by atoms with Crippen molar-refractivity contribution in [3.8, 4) is 0 Å². The number of pyridine rings is 1. The molecule has 1 amide bonds. The second kappa shape index (κ2) is 8.28. The third-order valence-corrected chi connectivity index (χ3v) is 2.55. The van der Waals surface area contributed by atoms with Crippen molar-refractivity contribution in [3.05, 3.63) is 23.6 Å². The van der Waals surface area contributed by atoms with Crippen LogP contribution in [0.4, 0.5) is 15.0 Å². The number of likely N-dealkylation sites (N-methyl/N-ethyl adjacent to an activating group) is 1. The van der Waals surface area contributed by atoms with Crippen LogP contribution < -0.4 is 10.2 Å². The number of amides is 1. The number of carbonyl (C=O) groups is 2. The van der Waals surface area contributed by atoms with E-state index in [0.717, 1.165) is 17.2 Å². The van der Waals surface area contributed by atoms with Crippen LogP contribution in [0.3, 0.4) is 0 Å². The Morgan fingerprint density at radius 1 is 1.45 bits per heavy atom. The second-order valence-electron chi connectivity index (χ2n) is 4.82. The summed E-state index contributed by atoms with van der Waals surface area (Å²) in [5.41, 5.74) is 0.271. The van der Waals surface area contributed by atoms with Gasteiger partial charge in [-0.3, -0.25) is 9.69 Å². The molecule has 1 N–H and O–H groups in total. The first-order chi connectivity index (χ1) is 10.3. The zero-order valence-corrected chi connectivity index (χ0v) is 13.1. The first kappa shape index (κ1) is 17.8. The third kappa shape index (κ3) is 5.28. The summed E-state index contributed by atoms with van der Waals surface area (Å²) in [5.74, 6) is -0.913. The highest BCUT2D eigenvalue weighted by atomic mass is 19.1. The van der Waals surface area contributed by atoms with Gasteiger partial charge in [-0.05, 0) is 27.0 Å². The molecule has 22 heavy (non-hydrogen) atoms. The van der Waals surface area contributed by atoms with E-state index < -0.39 is 17.9 Å². The number of nitrogens with zero attached hydrogens (tertiary/aromatic N) is 2. The van der Waals surface area contributed by atoms with Crippen LogP contribution in [0.1, 0.15) is 19.4 Å². The van der Waals surface area contributed by atoms with Crippen LogP contribution in [-0.4, -0.2) is 43.8 Å². The molecule has 1 aromatic rings. The molecule has 0 fully saturated rings. The standard InChI is InChI=1S/C14H20FN3O4/c1-9(2)22-14(20)18(4)13-10(5-11(15)6-17-13)8-21-12(19)7-16-3/h5-6,9,16H,7-8H2,1-4H3. The number of esters is 1. The van der Waals surface area contributed by atoms with Crippen molar-refractivity contribution in [1.29, 1.82) is 0 Å². The zero-order chi connectivity index (χ0) is 16.7. The van der Waals surface area contributed by atoms with Crippen molar-refractivity contribution in [2.24, 2.45) is 0 Å². The molecular formula is C14H20FN3O4. The first-order valence-electron chi connectivity index (χ1n) is 6.74. The number of ether oxygens (including phenoxy) is 2. The van der Waals surface area contributed by atoms with E-state index in [0.29, 0.717) is 0 Å². The van der Waals surface area contributed by atoms with Gasteiger partial charge in [-0.1, -0.05) is 0 Å². The summed E-state index contributed by atoms with van der Waals surface area (Å²) >= 11 is 0. The molecule has 0 radical (unpaired) electrons. The van der Waals surface area contributed by atoms with Gasteiger partial charge in [0, 0.05) is 12.6 Å². The van der Waals surface area contributed by atoms with E-state index in [9.17, 15) is 14.0 Å². The molecule has 7 nitrogen and oxygen atoms in total. The van der Waals surface area contributed by atoms with Gasteiger partial charge in [0.25, 0.3) is 0 Å². The highest BCUT2D eigenvalue weighted by molar-refractivity contribution is 5.86. The van der Waals surface area contributed by atoms with Crippen LogP contribution in [-0.2, 0) is 20.9 Å². The summed E-state index contributed by atoms with van der Waals surface area (Å²) in [4.78, 5) is 28.3. The van der Waals surface area contributed by atoms with E-state index >= 15 is 0 Å².